The molecular formula is C22H27N5O. The molecule has 0 N–H and O–H groups in total. The van der Waals surface area contributed by atoms with Crippen molar-refractivity contribution in [3.8, 4) is 0 Å². The fourth-order valence-electron chi connectivity index (χ4n) is 4.06. The minimum Gasteiger partial charge on any atom is -0.341 e. The standard InChI is InChI=1S/C22H27N5O/c1-17(2)27-12-5-8-20(27)22(28)26-11-4-7-19(16-26)21-24-10-13-25(21)15-18-6-3-9-23-14-18/h3,5-6,8-10,12-14,17,19H,4,7,11,15-16H2,1-2H3/t19-/m1/s1. The molecule has 6 nitrogen and oxygen atoms in total. The van der Waals surface area contributed by atoms with Gasteiger partial charge in [-0.2, -0.15) is 0 Å². The average molecular weight is 377 g/mol. The van der Waals surface area contributed by atoms with Crippen LogP contribution < -0.4 is 0 Å². The molecule has 6 heteroatoms. The Morgan fingerprint density at radius 1 is 1.21 bits per heavy atom. The number of carbonyl (C=O) groups is 1. The number of amides is 1. The largest absolute Gasteiger partial charge is 0.341 e. The van der Waals surface area contributed by atoms with Crippen LogP contribution in [0.4, 0.5) is 0 Å². The zero-order valence-corrected chi connectivity index (χ0v) is 16.5. The zero-order valence-electron chi connectivity index (χ0n) is 16.5. The summed E-state index contributed by atoms with van der Waals surface area (Å²) in [6, 6.07) is 8.18. The van der Waals surface area contributed by atoms with Gasteiger partial charge in [0.1, 0.15) is 11.5 Å². The van der Waals surface area contributed by atoms with Gasteiger partial charge in [-0.05, 0) is 50.5 Å². The van der Waals surface area contributed by atoms with Gasteiger partial charge in [0.25, 0.3) is 5.91 Å². The van der Waals surface area contributed by atoms with E-state index in [1.54, 1.807) is 6.20 Å². The Bertz CT molecular complexity index is 927. The minimum absolute atomic E-state index is 0.119. The lowest BCUT2D eigenvalue weighted by atomic mass is 9.96. The van der Waals surface area contributed by atoms with Gasteiger partial charge in [0, 0.05) is 56.0 Å². The quantitative estimate of drug-likeness (QED) is 0.681. The van der Waals surface area contributed by atoms with Gasteiger partial charge >= 0.3 is 0 Å². The summed E-state index contributed by atoms with van der Waals surface area (Å²) >= 11 is 0. The van der Waals surface area contributed by atoms with Gasteiger partial charge in [-0.15, -0.1) is 0 Å². The SMILES string of the molecule is CC(C)n1cccc1C(=O)N1CCC[C@@H](c2nccn2Cc2cccnc2)C1. The maximum Gasteiger partial charge on any atom is 0.270 e. The third kappa shape index (κ3) is 3.72. The second kappa shape index (κ2) is 8.00. The van der Waals surface area contributed by atoms with Crippen LogP contribution in [0.3, 0.4) is 0 Å². The van der Waals surface area contributed by atoms with Crippen LogP contribution in [-0.4, -0.2) is 43.0 Å². The van der Waals surface area contributed by atoms with Crippen LogP contribution in [-0.2, 0) is 6.54 Å². The van der Waals surface area contributed by atoms with E-state index in [0.717, 1.165) is 43.0 Å². The number of aromatic nitrogens is 4. The summed E-state index contributed by atoms with van der Waals surface area (Å²) in [6.45, 7) is 6.48. The Morgan fingerprint density at radius 3 is 2.89 bits per heavy atom. The summed E-state index contributed by atoms with van der Waals surface area (Å²) in [5, 5.41) is 0. The summed E-state index contributed by atoms with van der Waals surface area (Å²) in [4.78, 5) is 24.0. The van der Waals surface area contributed by atoms with Crippen molar-refractivity contribution in [1.29, 1.82) is 0 Å². The molecule has 0 aliphatic carbocycles. The number of nitrogens with zero attached hydrogens (tertiary/aromatic N) is 5. The van der Waals surface area contributed by atoms with Crippen LogP contribution in [0.1, 0.15) is 60.5 Å². The molecule has 1 atom stereocenters. The van der Waals surface area contributed by atoms with Crippen molar-refractivity contribution in [2.45, 2.75) is 45.2 Å². The molecule has 146 valence electrons. The normalized spacial score (nSPS) is 17.2. The van der Waals surface area contributed by atoms with Gasteiger partial charge in [-0.3, -0.25) is 9.78 Å². The van der Waals surface area contributed by atoms with Crippen LogP contribution in [0.15, 0.2) is 55.2 Å². The lowest BCUT2D eigenvalue weighted by Crippen LogP contribution is -2.40. The van der Waals surface area contributed by atoms with Crippen molar-refractivity contribution in [3.05, 3.63) is 72.3 Å². The topological polar surface area (TPSA) is 56.0 Å². The fraction of sp³-hybridized carbons (Fsp3) is 0.409. The fourth-order valence-corrected chi connectivity index (χ4v) is 4.06. The van der Waals surface area contributed by atoms with E-state index in [1.165, 1.54) is 0 Å². The molecule has 4 rings (SSSR count). The molecule has 1 amide bonds. The summed E-state index contributed by atoms with van der Waals surface area (Å²) in [5.74, 6) is 1.43. The molecule has 0 unspecified atom stereocenters. The van der Waals surface area contributed by atoms with Crippen LogP contribution >= 0.6 is 0 Å². The first-order valence-corrected chi connectivity index (χ1v) is 9.99. The molecule has 0 spiro atoms. The molecule has 28 heavy (non-hydrogen) atoms. The lowest BCUT2D eigenvalue weighted by molar-refractivity contribution is 0.0691. The molecule has 1 aliphatic heterocycles. The van der Waals surface area contributed by atoms with Crippen molar-refractivity contribution in [2.75, 3.05) is 13.1 Å². The number of carbonyl (C=O) groups excluding carboxylic acids is 1. The number of hydrogen-bond donors (Lipinski definition) is 0. The van der Waals surface area contributed by atoms with Gasteiger partial charge < -0.3 is 14.0 Å². The minimum atomic E-state index is 0.119. The van der Waals surface area contributed by atoms with Crippen molar-refractivity contribution in [1.82, 2.24) is 24.0 Å². The van der Waals surface area contributed by atoms with Crippen molar-refractivity contribution < 1.29 is 4.79 Å². The lowest BCUT2D eigenvalue weighted by Gasteiger charge is -2.33. The monoisotopic (exact) mass is 377 g/mol. The highest BCUT2D eigenvalue weighted by Gasteiger charge is 2.29. The van der Waals surface area contributed by atoms with Crippen LogP contribution in [0.5, 0.6) is 0 Å². The van der Waals surface area contributed by atoms with Gasteiger partial charge in [0.15, 0.2) is 0 Å². The first kappa shape index (κ1) is 18.5. The van der Waals surface area contributed by atoms with Gasteiger partial charge in [0.2, 0.25) is 0 Å². The van der Waals surface area contributed by atoms with Crippen molar-refractivity contribution in [2.24, 2.45) is 0 Å². The molecular weight excluding hydrogens is 350 g/mol. The first-order valence-electron chi connectivity index (χ1n) is 9.99. The highest BCUT2D eigenvalue weighted by Crippen LogP contribution is 2.27. The number of likely N-dealkylation sites (tertiary alicyclic amines) is 1. The second-order valence-corrected chi connectivity index (χ2v) is 7.76. The second-order valence-electron chi connectivity index (χ2n) is 7.76. The molecule has 0 aromatic carbocycles. The van der Waals surface area contributed by atoms with E-state index < -0.39 is 0 Å². The third-order valence-corrected chi connectivity index (χ3v) is 5.45. The number of rotatable bonds is 5. The Kier molecular flexibility index (Phi) is 5.28. The Morgan fingerprint density at radius 2 is 2.11 bits per heavy atom. The molecule has 0 saturated carbocycles. The summed E-state index contributed by atoms with van der Waals surface area (Å²) in [7, 11) is 0. The average Bonchev–Trinajstić information content (AvgIpc) is 3.38. The Balaban J connectivity index is 1.51. The van der Waals surface area contributed by atoms with Gasteiger partial charge in [0.05, 0.1) is 6.54 Å². The van der Waals surface area contributed by atoms with Crippen LogP contribution in [0.25, 0.3) is 0 Å². The number of pyridine rings is 1. The molecule has 3 aromatic heterocycles. The van der Waals surface area contributed by atoms with E-state index in [2.05, 4.69) is 39.0 Å². The predicted octanol–water partition coefficient (Wildman–Crippen LogP) is 3.73. The molecule has 0 bridgehead atoms. The highest BCUT2D eigenvalue weighted by molar-refractivity contribution is 5.93. The smallest absolute Gasteiger partial charge is 0.270 e. The van der Waals surface area contributed by atoms with E-state index in [4.69, 9.17) is 0 Å². The van der Waals surface area contributed by atoms with Crippen LogP contribution in [0, 0.1) is 0 Å². The molecule has 0 radical (unpaired) electrons. The van der Waals surface area contributed by atoms with Crippen molar-refractivity contribution in [3.63, 3.8) is 0 Å². The maximum absolute atomic E-state index is 13.1. The van der Waals surface area contributed by atoms with Gasteiger partial charge in [-0.1, -0.05) is 6.07 Å². The van der Waals surface area contributed by atoms with E-state index in [9.17, 15) is 4.79 Å². The predicted molar refractivity (Wildman–Crippen MR) is 108 cm³/mol. The molecule has 3 aromatic rings. The zero-order chi connectivity index (χ0) is 19.5. The van der Waals surface area contributed by atoms with Gasteiger partial charge in [-0.25, -0.2) is 4.98 Å². The number of hydrogen-bond acceptors (Lipinski definition) is 3. The van der Waals surface area contributed by atoms with Crippen molar-refractivity contribution >= 4 is 5.91 Å². The number of piperidine rings is 1. The highest BCUT2D eigenvalue weighted by atomic mass is 16.2. The Hall–Kier alpha value is -2.89. The summed E-state index contributed by atoms with van der Waals surface area (Å²) < 4.78 is 4.24. The summed E-state index contributed by atoms with van der Waals surface area (Å²) in [5.41, 5.74) is 1.93. The number of imidazole rings is 1. The summed E-state index contributed by atoms with van der Waals surface area (Å²) in [6.07, 6.45) is 11.6. The molecule has 1 aliphatic rings. The molecule has 1 fully saturated rings. The first-order chi connectivity index (χ1) is 13.6. The van der Waals surface area contributed by atoms with E-state index in [0.29, 0.717) is 6.54 Å². The molecule has 1 saturated heterocycles. The van der Waals surface area contributed by atoms with E-state index >= 15 is 0 Å². The Labute approximate surface area is 165 Å². The van der Waals surface area contributed by atoms with E-state index in [-0.39, 0.29) is 17.9 Å². The van der Waals surface area contributed by atoms with Crippen LogP contribution in [0.2, 0.25) is 0 Å². The maximum atomic E-state index is 13.1. The van der Waals surface area contributed by atoms with E-state index in [1.807, 2.05) is 47.9 Å². The molecule has 4 heterocycles. The third-order valence-electron chi connectivity index (χ3n) is 5.45.